The largest absolute Gasteiger partial charge is 0.457 e. The number of benzene rings is 1. The molecule has 3 rings (SSSR count). The van der Waals surface area contributed by atoms with E-state index in [2.05, 4.69) is 5.32 Å². The number of nitro benzene ring substituents is 1. The maximum absolute atomic E-state index is 12.2. The summed E-state index contributed by atoms with van der Waals surface area (Å²) in [7, 11) is 0. The van der Waals surface area contributed by atoms with Crippen molar-refractivity contribution in [2.45, 2.75) is 13.5 Å². The molecule has 0 unspecified atom stereocenters. The predicted octanol–water partition coefficient (Wildman–Crippen LogP) is 4.45. The molecule has 0 bridgehead atoms. The van der Waals surface area contributed by atoms with Crippen molar-refractivity contribution >= 4 is 29.0 Å². The Morgan fingerprint density at radius 1 is 1.36 bits per heavy atom. The lowest BCUT2D eigenvalue weighted by molar-refractivity contribution is -0.384. The molecule has 1 N–H and O–H groups in total. The third-order valence-corrected chi connectivity index (χ3v) is 4.86. The normalized spacial score (nSPS) is 11.1. The maximum Gasteiger partial charge on any atom is 0.270 e. The van der Waals surface area contributed by atoms with Crippen molar-refractivity contribution in [3.8, 4) is 17.4 Å². The summed E-state index contributed by atoms with van der Waals surface area (Å²) in [5, 5.41) is 24.9. The number of hydrogen-bond donors (Lipinski definition) is 1. The van der Waals surface area contributed by atoms with Crippen LogP contribution >= 0.6 is 11.3 Å². The Kier molecular flexibility index (Phi) is 5.67. The number of aryl methyl sites for hydroxylation is 1. The number of hydrogen-bond acceptors (Lipinski definition) is 6. The zero-order valence-corrected chi connectivity index (χ0v) is 15.7. The zero-order chi connectivity index (χ0) is 20.1. The first-order valence-electron chi connectivity index (χ1n) is 8.25. The predicted molar refractivity (Wildman–Crippen MR) is 105 cm³/mol. The SMILES string of the molecule is Cc1ccc([N+](=O)[O-])cc1-c1ccc(/C=C(\C#N)C(=O)NCc2cccs2)o1. The molecule has 0 spiro atoms. The summed E-state index contributed by atoms with van der Waals surface area (Å²) >= 11 is 1.51. The summed E-state index contributed by atoms with van der Waals surface area (Å²) in [4.78, 5) is 23.7. The Labute approximate surface area is 164 Å². The highest BCUT2D eigenvalue weighted by atomic mass is 32.1. The van der Waals surface area contributed by atoms with E-state index in [0.717, 1.165) is 10.4 Å². The average Bonchev–Trinajstić information content (AvgIpc) is 3.36. The number of nitrogens with one attached hydrogen (secondary N) is 1. The smallest absolute Gasteiger partial charge is 0.270 e. The Morgan fingerprint density at radius 3 is 2.86 bits per heavy atom. The van der Waals surface area contributed by atoms with Crippen molar-refractivity contribution in [2.24, 2.45) is 0 Å². The van der Waals surface area contributed by atoms with Gasteiger partial charge in [-0.1, -0.05) is 12.1 Å². The van der Waals surface area contributed by atoms with Crippen LogP contribution in [0, 0.1) is 28.4 Å². The van der Waals surface area contributed by atoms with E-state index >= 15 is 0 Å². The molecule has 0 atom stereocenters. The molecule has 0 aliphatic heterocycles. The van der Waals surface area contributed by atoms with Crippen LogP contribution < -0.4 is 5.32 Å². The maximum atomic E-state index is 12.2. The van der Waals surface area contributed by atoms with Crippen LogP contribution in [0.2, 0.25) is 0 Å². The third kappa shape index (κ3) is 4.34. The van der Waals surface area contributed by atoms with Gasteiger partial charge >= 0.3 is 0 Å². The standard InChI is InChI=1S/C20H15N3O4S/c1-13-4-5-15(23(25)26)10-18(13)19-7-6-16(27-19)9-14(11-21)20(24)22-12-17-3-2-8-28-17/h2-10H,12H2,1H3,(H,22,24)/b14-9+. The highest BCUT2D eigenvalue weighted by molar-refractivity contribution is 7.09. The molecule has 28 heavy (non-hydrogen) atoms. The summed E-state index contributed by atoms with van der Waals surface area (Å²) in [5.41, 5.74) is 1.26. The van der Waals surface area contributed by atoms with E-state index in [1.54, 1.807) is 18.2 Å². The number of nitrogens with zero attached hydrogens (tertiary/aromatic N) is 2. The number of nitro groups is 1. The summed E-state index contributed by atoms with van der Waals surface area (Å²) in [6.45, 7) is 2.15. The van der Waals surface area contributed by atoms with Crippen LogP contribution in [-0.4, -0.2) is 10.8 Å². The Hall–Kier alpha value is -3.70. The van der Waals surface area contributed by atoms with Gasteiger partial charge in [0, 0.05) is 28.6 Å². The molecule has 8 heteroatoms. The van der Waals surface area contributed by atoms with Crippen LogP contribution in [-0.2, 0) is 11.3 Å². The lowest BCUT2D eigenvalue weighted by Gasteiger charge is -2.03. The van der Waals surface area contributed by atoms with Crippen molar-refractivity contribution in [3.63, 3.8) is 0 Å². The van der Waals surface area contributed by atoms with Crippen molar-refractivity contribution in [1.82, 2.24) is 5.32 Å². The monoisotopic (exact) mass is 393 g/mol. The number of thiophene rings is 1. The molecular formula is C20H15N3O4S. The highest BCUT2D eigenvalue weighted by Crippen LogP contribution is 2.29. The van der Waals surface area contributed by atoms with Gasteiger partial charge in [0.15, 0.2) is 0 Å². The van der Waals surface area contributed by atoms with Gasteiger partial charge in [-0.25, -0.2) is 0 Å². The van der Waals surface area contributed by atoms with Gasteiger partial charge in [-0.2, -0.15) is 5.26 Å². The molecule has 3 aromatic rings. The first kappa shape index (κ1) is 19.1. The highest BCUT2D eigenvalue weighted by Gasteiger charge is 2.14. The second-order valence-corrected chi connectivity index (χ2v) is 6.92. The number of furan rings is 1. The second-order valence-electron chi connectivity index (χ2n) is 5.89. The van der Waals surface area contributed by atoms with Gasteiger partial charge in [-0.05, 0) is 36.1 Å². The molecule has 140 valence electrons. The van der Waals surface area contributed by atoms with Gasteiger partial charge in [-0.15, -0.1) is 11.3 Å². The Bertz CT molecular complexity index is 1090. The zero-order valence-electron chi connectivity index (χ0n) is 14.8. The van der Waals surface area contributed by atoms with E-state index in [0.29, 0.717) is 23.6 Å². The number of nitriles is 1. The molecule has 2 heterocycles. The molecule has 1 amide bonds. The van der Waals surface area contributed by atoms with Gasteiger partial charge in [-0.3, -0.25) is 14.9 Å². The first-order valence-corrected chi connectivity index (χ1v) is 9.13. The van der Waals surface area contributed by atoms with E-state index in [1.165, 1.54) is 29.5 Å². The minimum Gasteiger partial charge on any atom is -0.457 e. The third-order valence-electron chi connectivity index (χ3n) is 3.98. The van der Waals surface area contributed by atoms with Crippen molar-refractivity contribution in [3.05, 3.63) is 79.7 Å². The van der Waals surface area contributed by atoms with E-state index in [1.807, 2.05) is 30.5 Å². The topological polar surface area (TPSA) is 109 Å². The molecule has 7 nitrogen and oxygen atoms in total. The van der Waals surface area contributed by atoms with Gasteiger partial charge in [0.05, 0.1) is 11.5 Å². The van der Waals surface area contributed by atoms with Crippen LogP contribution in [0.15, 0.2) is 57.8 Å². The Balaban J connectivity index is 1.80. The molecule has 0 fully saturated rings. The summed E-state index contributed by atoms with van der Waals surface area (Å²) in [6.07, 6.45) is 1.35. The number of rotatable bonds is 6. The van der Waals surface area contributed by atoms with Crippen LogP contribution in [0.3, 0.4) is 0 Å². The van der Waals surface area contributed by atoms with E-state index in [-0.39, 0.29) is 11.3 Å². The van der Waals surface area contributed by atoms with E-state index < -0.39 is 10.8 Å². The first-order chi connectivity index (χ1) is 13.5. The van der Waals surface area contributed by atoms with Crippen molar-refractivity contribution < 1.29 is 14.1 Å². The van der Waals surface area contributed by atoms with Gasteiger partial charge in [0.25, 0.3) is 11.6 Å². The van der Waals surface area contributed by atoms with E-state index in [4.69, 9.17) is 4.42 Å². The molecule has 0 saturated carbocycles. The van der Waals surface area contributed by atoms with Crippen molar-refractivity contribution in [1.29, 1.82) is 5.26 Å². The quantitative estimate of drug-likeness (QED) is 0.288. The fourth-order valence-corrected chi connectivity index (χ4v) is 3.18. The number of carbonyl (C=O) groups is 1. The Morgan fingerprint density at radius 2 is 2.18 bits per heavy atom. The van der Waals surface area contributed by atoms with Crippen molar-refractivity contribution in [2.75, 3.05) is 0 Å². The molecule has 0 aliphatic carbocycles. The fourth-order valence-electron chi connectivity index (χ4n) is 2.53. The molecule has 1 aromatic carbocycles. The molecule has 0 aliphatic rings. The van der Waals surface area contributed by atoms with Crippen LogP contribution in [0.5, 0.6) is 0 Å². The number of carbonyl (C=O) groups excluding carboxylic acids is 1. The fraction of sp³-hybridized carbons (Fsp3) is 0.100. The lowest BCUT2D eigenvalue weighted by Crippen LogP contribution is -2.23. The van der Waals surface area contributed by atoms with Crippen LogP contribution in [0.25, 0.3) is 17.4 Å². The lowest BCUT2D eigenvalue weighted by atomic mass is 10.1. The molecular weight excluding hydrogens is 378 g/mol. The van der Waals surface area contributed by atoms with Crippen LogP contribution in [0.1, 0.15) is 16.2 Å². The van der Waals surface area contributed by atoms with Crippen LogP contribution in [0.4, 0.5) is 5.69 Å². The second kappa shape index (κ2) is 8.33. The van der Waals surface area contributed by atoms with Gasteiger partial charge < -0.3 is 9.73 Å². The minimum atomic E-state index is -0.500. The minimum absolute atomic E-state index is 0.0419. The van der Waals surface area contributed by atoms with Gasteiger partial charge in [0.1, 0.15) is 23.2 Å². The summed E-state index contributed by atoms with van der Waals surface area (Å²) in [6, 6.07) is 13.4. The molecule has 0 radical (unpaired) electrons. The molecule has 0 saturated heterocycles. The molecule has 2 aromatic heterocycles. The average molecular weight is 393 g/mol. The summed E-state index contributed by atoms with van der Waals surface area (Å²) < 4.78 is 5.69. The van der Waals surface area contributed by atoms with Gasteiger partial charge in [0.2, 0.25) is 0 Å². The number of amides is 1. The number of non-ortho nitro benzene ring substituents is 1. The van der Waals surface area contributed by atoms with E-state index in [9.17, 15) is 20.2 Å². The summed E-state index contributed by atoms with van der Waals surface area (Å²) in [5.74, 6) is 0.229.